The third-order valence-electron chi connectivity index (χ3n) is 6.65. The van der Waals surface area contributed by atoms with Crippen molar-refractivity contribution >= 4 is 12.3 Å². The van der Waals surface area contributed by atoms with Crippen molar-refractivity contribution < 1.29 is 24.2 Å². The zero-order valence-corrected chi connectivity index (χ0v) is 23.1. The van der Waals surface area contributed by atoms with Gasteiger partial charge in [0.25, 0.3) is 0 Å². The van der Waals surface area contributed by atoms with Gasteiger partial charge in [-0.15, -0.1) is 0 Å². The highest BCUT2D eigenvalue weighted by atomic mass is 16.6. The van der Waals surface area contributed by atoms with Crippen LogP contribution in [-0.2, 0) is 19.1 Å². The van der Waals surface area contributed by atoms with Gasteiger partial charge >= 0.3 is 5.97 Å². The van der Waals surface area contributed by atoms with Crippen LogP contribution in [0.4, 0.5) is 0 Å². The zero-order chi connectivity index (χ0) is 25.7. The van der Waals surface area contributed by atoms with Gasteiger partial charge in [0, 0.05) is 19.4 Å². The van der Waals surface area contributed by atoms with E-state index in [2.05, 4.69) is 6.92 Å². The first-order valence-corrected chi connectivity index (χ1v) is 15.1. The molecule has 1 N–H and O–H groups in total. The Morgan fingerprint density at radius 3 is 1.63 bits per heavy atom. The summed E-state index contributed by atoms with van der Waals surface area (Å²) < 4.78 is 10.9. The van der Waals surface area contributed by atoms with E-state index in [1.165, 1.54) is 96.3 Å². The van der Waals surface area contributed by atoms with Gasteiger partial charge in [-0.1, -0.05) is 122 Å². The Labute approximate surface area is 217 Å². The largest absolute Gasteiger partial charge is 0.457 e. The van der Waals surface area contributed by atoms with Gasteiger partial charge in [-0.2, -0.15) is 0 Å². The maximum Gasteiger partial charge on any atom is 0.306 e. The monoisotopic (exact) mass is 498 g/mol. The van der Waals surface area contributed by atoms with Crippen LogP contribution in [0.3, 0.4) is 0 Å². The van der Waals surface area contributed by atoms with E-state index < -0.39 is 6.10 Å². The smallest absolute Gasteiger partial charge is 0.306 e. The van der Waals surface area contributed by atoms with Crippen molar-refractivity contribution in [3.8, 4) is 0 Å². The van der Waals surface area contributed by atoms with Crippen LogP contribution in [0.2, 0.25) is 0 Å². The normalized spacial score (nSPS) is 12.1. The molecule has 0 saturated carbocycles. The van der Waals surface area contributed by atoms with E-state index in [-0.39, 0.29) is 19.2 Å². The molecule has 0 rings (SSSR count). The van der Waals surface area contributed by atoms with Crippen molar-refractivity contribution in [3.05, 3.63) is 0 Å². The molecule has 1 unspecified atom stereocenters. The minimum Gasteiger partial charge on any atom is -0.457 e. The minimum atomic E-state index is -0.559. The average Bonchev–Trinajstić information content (AvgIpc) is 2.86. The zero-order valence-electron chi connectivity index (χ0n) is 23.1. The van der Waals surface area contributed by atoms with Crippen LogP contribution < -0.4 is 0 Å². The topological polar surface area (TPSA) is 72.8 Å². The molecule has 0 bridgehead atoms. The fourth-order valence-electron chi connectivity index (χ4n) is 4.36. The van der Waals surface area contributed by atoms with E-state index in [9.17, 15) is 14.7 Å². The molecule has 0 aliphatic carbocycles. The number of carbonyl (C=O) groups excluding carboxylic acids is 2. The highest BCUT2D eigenvalue weighted by molar-refractivity contribution is 5.69. The Hall–Kier alpha value is -0.940. The molecule has 0 heterocycles. The van der Waals surface area contributed by atoms with Crippen molar-refractivity contribution in [2.75, 3.05) is 19.8 Å². The summed E-state index contributed by atoms with van der Waals surface area (Å²) in [4.78, 5) is 22.2. The van der Waals surface area contributed by atoms with Crippen LogP contribution in [0.1, 0.15) is 155 Å². The van der Waals surface area contributed by atoms with Gasteiger partial charge in [-0.05, 0) is 19.3 Å². The lowest BCUT2D eigenvalue weighted by Crippen LogP contribution is -2.27. The molecule has 0 spiro atoms. The standard InChI is InChI=1S/C30H58O5/c1-2-3-4-5-6-7-8-9-10-11-12-13-14-17-20-23-26-34-28-29(27-32)35-30(33)24-21-18-15-16-19-22-25-31/h25,29,32H,2-24,26-28H2,1H3. The Morgan fingerprint density at radius 1 is 0.686 bits per heavy atom. The van der Waals surface area contributed by atoms with Crippen molar-refractivity contribution in [1.82, 2.24) is 0 Å². The molecule has 208 valence electrons. The number of aliphatic hydroxyl groups excluding tert-OH is 1. The molecule has 0 aromatic carbocycles. The van der Waals surface area contributed by atoms with Crippen molar-refractivity contribution in [2.24, 2.45) is 0 Å². The first-order chi connectivity index (χ1) is 17.2. The molecule has 35 heavy (non-hydrogen) atoms. The highest BCUT2D eigenvalue weighted by Gasteiger charge is 2.13. The lowest BCUT2D eigenvalue weighted by atomic mass is 10.0. The van der Waals surface area contributed by atoms with Gasteiger partial charge in [0.15, 0.2) is 0 Å². The molecule has 0 fully saturated rings. The summed E-state index contributed by atoms with van der Waals surface area (Å²) in [6, 6.07) is 0. The van der Waals surface area contributed by atoms with Crippen molar-refractivity contribution in [1.29, 1.82) is 0 Å². The second kappa shape index (κ2) is 29.3. The maximum absolute atomic E-state index is 11.9. The van der Waals surface area contributed by atoms with Gasteiger partial charge in [-0.25, -0.2) is 0 Å². The number of unbranched alkanes of at least 4 members (excludes halogenated alkanes) is 20. The second-order valence-electron chi connectivity index (χ2n) is 10.1. The van der Waals surface area contributed by atoms with Gasteiger partial charge in [0.05, 0.1) is 13.2 Å². The summed E-state index contributed by atoms with van der Waals surface area (Å²) in [6.45, 7) is 3.01. The van der Waals surface area contributed by atoms with Crippen molar-refractivity contribution in [3.63, 3.8) is 0 Å². The van der Waals surface area contributed by atoms with Gasteiger partial charge in [-0.3, -0.25) is 4.79 Å². The molecule has 0 amide bonds. The van der Waals surface area contributed by atoms with Gasteiger partial charge in [0.2, 0.25) is 0 Å². The molecule has 0 saturated heterocycles. The summed E-state index contributed by atoms with van der Waals surface area (Å²) in [6.07, 6.45) is 27.7. The van der Waals surface area contributed by atoms with E-state index >= 15 is 0 Å². The first kappa shape index (κ1) is 34.1. The molecule has 0 aliphatic rings. The SMILES string of the molecule is CCCCCCCCCCCCCCCCCCOCC(CO)OC(=O)CCCCCCCC=O. The predicted molar refractivity (Wildman–Crippen MR) is 146 cm³/mol. The molecule has 0 aliphatic heterocycles. The van der Waals surface area contributed by atoms with E-state index in [1.807, 2.05) is 0 Å². The summed E-state index contributed by atoms with van der Waals surface area (Å²) in [5.74, 6) is -0.261. The summed E-state index contributed by atoms with van der Waals surface area (Å²) in [5.41, 5.74) is 0. The minimum absolute atomic E-state index is 0.198. The number of carbonyl (C=O) groups is 2. The van der Waals surface area contributed by atoms with Crippen LogP contribution in [0.15, 0.2) is 0 Å². The maximum atomic E-state index is 11.9. The third-order valence-corrected chi connectivity index (χ3v) is 6.65. The summed E-state index contributed by atoms with van der Waals surface area (Å²) in [7, 11) is 0. The van der Waals surface area contributed by atoms with Crippen LogP contribution >= 0.6 is 0 Å². The molecule has 0 aromatic heterocycles. The lowest BCUT2D eigenvalue weighted by Gasteiger charge is -2.15. The van der Waals surface area contributed by atoms with Crippen LogP contribution in [-0.4, -0.2) is 43.3 Å². The third kappa shape index (κ3) is 27.5. The fraction of sp³-hybridized carbons (Fsp3) is 0.933. The molecule has 1 atom stereocenters. The first-order valence-electron chi connectivity index (χ1n) is 15.1. The summed E-state index contributed by atoms with van der Waals surface area (Å²) in [5, 5.41) is 9.42. The Bertz CT molecular complexity index is 440. The quantitative estimate of drug-likeness (QED) is 0.0640. The molecule has 0 radical (unpaired) electrons. The van der Waals surface area contributed by atoms with Gasteiger partial charge < -0.3 is 19.4 Å². The second-order valence-corrected chi connectivity index (χ2v) is 10.1. The Balaban J connectivity index is 3.36. The molecule has 0 aromatic rings. The highest BCUT2D eigenvalue weighted by Crippen LogP contribution is 2.14. The van der Waals surface area contributed by atoms with E-state index in [0.717, 1.165) is 44.8 Å². The molecular weight excluding hydrogens is 440 g/mol. The number of hydrogen-bond acceptors (Lipinski definition) is 5. The van der Waals surface area contributed by atoms with Crippen LogP contribution in [0.25, 0.3) is 0 Å². The number of esters is 1. The molecule has 5 heteroatoms. The lowest BCUT2D eigenvalue weighted by molar-refractivity contribution is -0.154. The van der Waals surface area contributed by atoms with E-state index in [4.69, 9.17) is 9.47 Å². The van der Waals surface area contributed by atoms with Gasteiger partial charge in [0.1, 0.15) is 12.4 Å². The summed E-state index contributed by atoms with van der Waals surface area (Å²) >= 11 is 0. The molecule has 5 nitrogen and oxygen atoms in total. The Kier molecular flexibility index (Phi) is 28.5. The van der Waals surface area contributed by atoms with E-state index in [1.54, 1.807) is 0 Å². The number of aldehydes is 1. The average molecular weight is 499 g/mol. The predicted octanol–water partition coefficient (Wildman–Crippen LogP) is 8.10. The number of ether oxygens (including phenoxy) is 2. The fourth-order valence-corrected chi connectivity index (χ4v) is 4.36. The van der Waals surface area contributed by atoms with E-state index in [0.29, 0.717) is 19.4 Å². The molecular formula is C30H58O5. The number of hydrogen-bond donors (Lipinski definition) is 1. The Morgan fingerprint density at radius 2 is 1.14 bits per heavy atom. The van der Waals surface area contributed by atoms with Crippen LogP contribution in [0.5, 0.6) is 0 Å². The van der Waals surface area contributed by atoms with Crippen LogP contribution in [0, 0.1) is 0 Å². The number of rotatable bonds is 29. The number of aliphatic hydroxyl groups is 1. The van der Waals surface area contributed by atoms with Crippen molar-refractivity contribution in [2.45, 2.75) is 161 Å².